The summed E-state index contributed by atoms with van der Waals surface area (Å²) in [6.07, 6.45) is 3.92. The summed E-state index contributed by atoms with van der Waals surface area (Å²) in [5.41, 5.74) is 2.29. The zero-order chi connectivity index (χ0) is 19.4. The Kier molecular flexibility index (Phi) is 6.39. The van der Waals surface area contributed by atoms with Gasteiger partial charge in [-0.05, 0) is 43.4 Å². The number of hydrogen-bond acceptors (Lipinski definition) is 4. The minimum Gasteiger partial charge on any atom is -0.372 e. The number of nitrogens with one attached hydrogen (secondary N) is 1. The van der Waals surface area contributed by atoms with Crippen LogP contribution in [0.4, 0.5) is 5.69 Å². The number of hydrogen-bond donors (Lipinski definition) is 1. The number of amides is 1. The molecule has 1 N–H and O–H groups in total. The first-order valence-corrected chi connectivity index (χ1v) is 11.1. The fourth-order valence-electron chi connectivity index (χ4n) is 3.73. The molecule has 7 nitrogen and oxygen atoms in total. The average molecular weight is 395 g/mol. The van der Waals surface area contributed by atoms with Gasteiger partial charge in [0.1, 0.15) is 0 Å². The van der Waals surface area contributed by atoms with Crippen molar-refractivity contribution in [3.05, 3.63) is 29.8 Å². The summed E-state index contributed by atoms with van der Waals surface area (Å²) in [7, 11) is -0.427. The van der Waals surface area contributed by atoms with Crippen LogP contribution >= 0.6 is 0 Å². The van der Waals surface area contributed by atoms with Crippen molar-refractivity contribution in [3.63, 3.8) is 0 Å². The van der Waals surface area contributed by atoms with E-state index >= 15 is 0 Å². The highest BCUT2D eigenvalue weighted by molar-refractivity contribution is 7.86. The van der Waals surface area contributed by atoms with Crippen LogP contribution in [0.25, 0.3) is 0 Å². The first-order valence-electron chi connectivity index (χ1n) is 9.67. The van der Waals surface area contributed by atoms with Crippen molar-refractivity contribution in [2.24, 2.45) is 5.92 Å². The predicted molar refractivity (Wildman–Crippen MR) is 107 cm³/mol. The Labute approximate surface area is 162 Å². The number of anilines is 1. The Hall–Kier alpha value is -1.64. The number of carbonyl (C=O) groups is 1. The topological polar surface area (TPSA) is 73.0 Å². The number of rotatable bonds is 6. The van der Waals surface area contributed by atoms with Gasteiger partial charge in [0, 0.05) is 52.5 Å². The van der Waals surface area contributed by atoms with Crippen molar-refractivity contribution < 1.29 is 13.2 Å². The third-order valence-corrected chi connectivity index (χ3v) is 7.32. The molecule has 2 aliphatic rings. The van der Waals surface area contributed by atoms with Gasteiger partial charge in [0.15, 0.2) is 0 Å². The normalized spacial score (nSPS) is 21.6. The first-order chi connectivity index (χ1) is 12.9. The summed E-state index contributed by atoms with van der Waals surface area (Å²) in [4.78, 5) is 14.9. The maximum Gasteiger partial charge on any atom is 0.281 e. The molecule has 0 aliphatic carbocycles. The summed E-state index contributed by atoms with van der Waals surface area (Å²) in [5, 5.41) is 2.97. The molecule has 1 atom stereocenters. The van der Waals surface area contributed by atoms with E-state index in [0.717, 1.165) is 25.1 Å². The predicted octanol–water partition coefficient (Wildman–Crippen LogP) is 1.42. The lowest BCUT2D eigenvalue weighted by atomic mass is 9.99. The van der Waals surface area contributed by atoms with Crippen LogP contribution in [0.1, 0.15) is 31.2 Å². The lowest BCUT2D eigenvalue weighted by Gasteiger charge is -2.32. The molecule has 2 heterocycles. The van der Waals surface area contributed by atoms with E-state index in [9.17, 15) is 13.2 Å². The van der Waals surface area contributed by atoms with Crippen LogP contribution in [-0.4, -0.2) is 63.2 Å². The summed E-state index contributed by atoms with van der Waals surface area (Å²) >= 11 is 0. The van der Waals surface area contributed by atoms with Gasteiger partial charge >= 0.3 is 0 Å². The zero-order valence-corrected chi connectivity index (χ0v) is 17.0. The number of benzene rings is 1. The van der Waals surface area contributed by atoms with Gasteiger partial charge in [-0.2, -0.15) is 17.0 Å². The molecule has 2 fully saturated rings. The Morgan fingerprint density at radius 3 is 2.41 bits per heavy atom. The van der Waals surface area contributed by atoms with Gasteiger partial charge < -0.3 is 10.2 Å². The molecule has 0 spiro atoms. The van der Waals surface area contributed by atoms with E-state index < -0.39 is 10.2 Å². The molecule has 0 bridgehead atoms. The zero-order valence-electron chi connectivity index (χ0n) is 16.2. The van der Waals surface area contributed by atoms with Crippen LogP contribution < -0.4 is 10.2 Å². The van der Waals surface area contributed by atoms with Gasteiger partial charge in [-0.25, -0.2) is 0 Å². The summed E-state index contributed by atoms with van der Waals surface area (Å²) in [5.74, 6) is -0.366. The number of piperidine rings is 1. The van der Waals surface area contributed by atoms with E-state index in [-0.39, 0.29) is 18.4 Å². The van der Waals surface area contributed by atoms with Crippen molar-refractivity contribution in [1.29, 1.82) is 0 Å². The second-order valence-electron chi connectivity index (χ2n) is 7.57. The van der Waals surface area contributed by atoms with Gasteiger partial charge in [0.2, 0.25) is 5.91 Å². The molecule has 0 radical (unpaired) electrons. The van der Waals surface area contributed by atoms with E-state index in [1.54, 1.807) is 0 Å². The van der Waals surface area contributed by atoms with Crippen LogP contribution in [0.3, 0.4) is 0 Å². The fourth-order valence-corrected chi connectivity index (χ4v) is 4.92. The van der Waals surface area contributed by atoms with Crippen molar-refractivity contribution in [2.75, 3.05) is 45.2 Å². The van der Waals surface area contributed by atoms with Gasteiger partial charge in [0.05, 0.1) is 5.92 Å². The summed E-state index contributed by atoms with van der Waals surface area (Å²) in [6.45, 7) is 3.42. The molecule has 3 rings (SSSR count). The van der Waals surface area contributed by atoms with E-state index in [1.807, 2.05) is 0 Å². The highest BCUT2D eigenvalue weighted by Crippen LogP contribution is 2.22. The Bertz CT molecular complexity index is 743. The summed E-state index contributed by atoms with van der Waals surface area (Å²) < 4.78 is 27.2. The molecule has 0 saturated carbocycles. The molecule has 27 heavy (non-hydrogen) atoms. The summed E-state index contributed by atoms with van der Waals surface area (Å²) in [6, 6.07) is 8.33. The van der Waals surface area contributed by atoms with Crippen LogP contribution in [-0.2, 0) is 21.5 Å². The lowest BCUT2D eigenvalue weighted by molar-refractivity contribution is -0.126. The fraction of sp³-hybridized carbons (Fsp3) is 0.632. The molecule has 1 aromatic carbocycles. The van der Waals surface area contributed by atoms with Crippen LogP contribution in [0, 0.1) is 5.92 Å². The van der Waals surface area contributed by atoms with Crippen LogP contribution in [0.2, 0.25) is 0 Å². The smallest absolute Gasteiger partial charge is 0.281 e. The standard InChI is InChI=1S/C19H30N4O3S/c1-21(2)27(25,26)23-13-5-6-17(15-23)19(24)20-14-16-7-9-18(10-8-16)22-11-3-4-12-22/h7-10,17H,3-6,11-15H2,1-2H3,(H,20,24). The van der Waals surface area contributed by atoms with Crippen LogP contribution in [0.15, 0.2) is 24.3 Å². The van der Waals surface area contributed by atoms with E-state index in [2.05, 4.69) is 34.5 Å². The molecule has 8 heteroatoms. The largest absolute Gasteiger partial charge is 0.372 e. The second-order valence-corrected chi connectivity index (χ2v) is 9.71. The van der Waals surface area contributed by atoms with E-state index in [4.69, 9.17) is 0 Å². The number of carbonyl (C=O) groups excluding carboxylic acids is 1. The van der Waals surface area contributed by atoms with Gasteiger partial charge in [0.25, 0.3) is 10.2 Å². The molecular formula is C19H30N4O3S. The van der Waals surface area contributed by atoms with E-state index in [0.29, 0.717) is 19.5 Å². The SMILES string of the molecule is CN(C)S(=O)(=O)N1CCCC(C(=O)NCc2ccc(N3CCCC3)cc2)C1. The maximum atomic E-state index is 12.5. The number of nitrogens with zero attached hydrogens (tertiary/aromatic N) is 3. The minimum atomic E-state index is -3.46. The molecule has 1 amide bonds. The van der Waals surface area contributed by atoms with Crippen LogP contribution in [0.5, 0.6) is 0 Å². The van der Waals surface area contributed by atoms with Crippen molar-refractivity contribution in [1.82, 2.24) is 13.9 Å². The molecule has 150 valence electrons. The Morgan fingerprint density at radius 2 is 1.78 bits per heavy atom. The van der Waals surface area contributed by atoms with Gasteiger partial charge in [-0.3, -0.25) is 4.79 Å². The van der Waals surface area contributed by atoms with Crippen molar-refractivity contribution in [3.8, 4) is 0 Å². The lowest BCUT2D eigenvalue weighted by Crippen LogP contribution is -2.48. The third kappa shape index (κ3) is 4.80. The van der Waals surface area contributed by atoms with Crippen molar-refractivity contribution >= 4 is 21.8 Å². The quantitative estimate of drug-likeness (QED) is 0.792. The molecular weight excluding hydrogens is 364 g/mol. The molecule has 0 aromatic heterocycles. The second kappa shape index (κ2) is 8.58. The molecule has 1 aromatic rings. The Balaban J connectivity index is 1.52. The molecule has 1 unspecified atom stereocenters. The monoisotopic (exact) mass is 394 g/mol. The Morgan fingerprint density at radius 1 is 1.11 bits per heavy atom. The van der Waals surface area contributed by atoms with E-state index in [1.165, 1.54) is 41.2 Å². The highest BCUT2D eigenvalue weighted by atomic mass is 32.2. The van der Waals surface area contributed by atoms with Gasteiger partial charge in [-0.1, -0.05) is 12.1 Å². The maximum absolute atomic E-state index is 12.5. The molecule has 2 saturated heterocycles. The molecule has 2 aliphatic heterocycles. The average Bonchev–Trinajstić information content (AvgIpc) is 3.21. The third-order valence-electron chi connectivity index (χ3n) is 5.42. The first kappa shape index (κ1) is 20.1. The van der Waals surface area contributed by atoms with Gasteiger partial charge in [-0.15, -0.1) is 0 Å². The highest BCUT2D eigenvalue weighted by Gasteiger charge is 2.33. The minimum absolute atomic E-state index is 0.0720. The van der Waals surface area contributed by atoms with Crippen molar-refractivity contribution in [2.45, 2.75) is 32.2 Å².